The number of carbonyl (C=O) groups is 2. The first-order valence-corrected chi connectivity index (χ1v) is 8.55. The average Bonchev–Trinajstić information content (AvgIpc) is 3.43. The van der Waals surface area contributed by atoms with E-state index in [2.05, 4.69) is 5.32 Å². The van der Waals surface area contributed by atoms with Crippen LogP contribution >= 0.6 is 0 Å². The van der Waals surface area contributed by atoms with E-state index in [0.717, 1.165) is 11.6 Å². The lowest BCUT2D eigenvalue weighted by atomic mass is 10.1. The first-order chi connectivity index (χ1) is 12.9. The summed E-state index contributed by atoms with van der Waals surface area (Å²) in [6, 6.07) is 10.4. The fourth-order valence-corrected chi connectivity index (χ4v) is 3.04. The van der Waals surface area contributed by atoms with Gasteiger partial charge in [-0.25, -0.2) is 13.6 Å². The van der Waals surface area contributed by atoms with Crippen LogP contribution in [0.2, 0.25) is 0 Å². The van der Waals surface area contributed by atoms with Crippen molar-refractivity contribution in [3.63, 3.8) is 0 Å². The normalized spacial score (nSPS) is 19.2. The van der Waals surface area contributed by atoms with Crippen molar-refractivity contribution in [2.24, 2.45) is 5.92 Å². The van der Waals surface area contributed by atoms with Gasteiger partial charge >= 0.3 is 5.97 Å². The Morgan fingerprint density at radius 3 is 2.59 bits per heavy atom. The van der Waals surface area contributed by atoms with Crippen LogP contribution in [0.3, 0.4) is 0 Å². The van der Waals surface area contributed by atoms with Crippen molar-refractivity contribution in [1.82, 2.24) is 5.32 Å². The highest BCUT2D eigenvalue weighted by Crippen LogP contribution is 2.48. The van der Waals surface area contributed by atoms with Crippen molar-refractivity contribution in [3.05, 3.63) is 65.2 Å². The number of ether oxygens (including phenoxy) is 1. The molecule has 1 fully saturated rings. The third-order valence-corrected chi connectivity index (χ3v) is 4.61. The summed E-state index contributed by atoms with van der Waals surface area (Å²) in [6.45, 7) is 1.39. The van der Waals surface area contributed by atoms with Gasteiger partial charge in [0.1, 0.15) is 5.75 Å². The predicted octanol–water partition coefficient (Wildman–Crippen LogP) is 3.41. The van der Waals surface area contributed by atoms with Gasteiger partial charge < -0.3 is 15.2 Å². The minimum absolute atomic E-state index is 0.206. The summed E-state index contributed by atoms with van der Waals surface area (Å²) in [5.74, 6) is -3.32. The van der Waals surface area contributed by atoms with Crippen molar-refractivity contribution in [1.29, 1.82) is 0 Å². The fraction of sp³-hybridized carbons (Fsp3) is 0.300. The molecule has 7 heteroatoms. The van der Waals surface area contributed by atoms with E-state index < -0.39 is 24.2 Å². The second kappa shape index (κ2) is 7.73. The molecule has 1 amide bonds. The SMILES string of the molecule is CC(NC(=O)C1CC1c1cccc(F)c1F)c1ccc(OCC(=O)O)cc1. The van der Waals surface area contributed by atoms with Crippen molar-refractivity contribution >= 4 is 11.9 Å². The van der Waals surface area contributed by atoms with Gasteiger partial charge in [0.2, 0.25) is 5.91 Å². The average molecular weight is 375 g/mol. The molecule has 5 nitrogen and oxygen atoms in total. The third-order valence-electron chi connectivity index (χ3n) is 4.61. The molecule has 1 aliphatic carbocycles. The van der Waals surface area contributed by atoms with Crippen LogP contribution in [-0.4, -0.2) is 23.6 Å². The molecule has 1 saturated carbocycles. The van der Waals surface area contributed by atoms with Crippen molar-refractivity contribution in [2.75, 3.05) is 6.61 Å². The number of benzene rings is 2. The molecule has 3 rings (SSSR count). The zero-order chi connectivity index (χ0) is 19.6. The molecule has 0 radical (unpaired) electrons. The Hall–Kier alpha value is -2.96. The summed E-state index contributed by atoms with van der Waals surface area (Å²) >= 11 is 0. The minimum atomic E-state index is -1.06. The minimum Gasteiger partial charge on any atom is -0.482 e. The first-order valence-electron chi connectivity index (χ1n) is 8.55. The van der Waals surface area contributed by atoms with Gasteiger partial charge in [0.25, 0.3) is 0 Å². The van der Waals surface area contributed by atoms with Gasteiger partial charge in [-0.15, -0.1) is 0 Å². The molecule has 142 valence electrons. The molecule has 0 saturated heterocycles. The highest BCUT2D eigenvalue weighted by Gasteiger charge is 2.45. The van der Waals surface area contributed by atoms with Crippen LogP contribution in [-0.2, 0) is 9.59 Å². The maximum absolute atomic E-state index is 13.9. The van der Waals surface area contributed by atoms with Crippen LogP contribution in [0.5, 0.6) is 5.75 Å². The van der Waals surface area contributed by atoms with Crippen molar-refractivity contribution in [3.8, 4) is 5.75 Å². The Kier molecular flexibility index (Phi) is 5.39. The van der Waals surface area contributed by atoms with E-state index in [1.807, 2.05) is 6.92 Å². The van der Waals surface area contributed by atoms with Crippen molar-refractivity contribution in [2.45, 2.75) is 25.3 Å². The van der Waals surface area contributed by atoms with Gasteiger partial charge in [0.15, 0.2) is 18.2 Å². The molecule has 2 N–H and O–H groups in total. The Labute approximate surface area is 155 Å². The molecule has 2 aromatic carbocycles. The molecule has 0 aromatic heterocycles. The third kappa shape index (κ3) is 4.42. The van der Waals surface area contributed by atoms with E-state index in [1.54, 1.807) is 24.3 Å². The highest BCUT2D eigenvalue weighted by atomic mass is 19.2. The fourth-order valence-electron chi connectivity index (χ4n) is 3.04. The summed E-state index contributed by atoms with van der Waals surface area (Å²) < 4.78 is 32.3. The zero-order valence-corrected chi connectivity index (χ0v) is 14.6. The zero-order valence-electron chi connectivity index (χ0n) is 14.6. The van der Waals surface area contributed by atoms with Crippen LogP contribution in [0.4, 0.5) is 8.78 Å². The highest BCUT2D eigenvalue weighted by molar-refractivity contribution is 5.83. The molecular formula is C20H19F2NO4. The quantitative estimate of drug-likeness (QED) is 0.778. The molecule has 0 bridgehead atoms. The maximum atomic E-state index is 13.9. The van der Waals surface area contributed by atoms with Crippen LogP contribution < -0.4 is 10.1 Å². The molecule has 1 aliphatic rings. The van der Waals surface area contributed by atoms with Crippen LogP contribution in [0.15, 0.2) is 42.5 Å². The number of nitrogens with one attached hydrogen (secondary N) is 1. The first kappa shape index (κ1) is 18.8. The number of halogens is 2. The number of rotatable bonds is 7. The van der Waals surface area contributed by atoms with Gasteiger partial charge in [-0.3, -0.25) is 4.79 Å². The number of hydrogen-bond acceptors (Lipinski definition) is 3. The Morgan fingerprint density at radius 1 is 1.22 bits per heavy atom. The van der Waals surface area contributed by atoms with E-state index >= 15 is 0 Å². The van der Waals surface area contributed by atoms with Crippen molar-refractivity contribution < 1.29 is 28.2 Å². The van der Waals surface area contributed by atoms with E-state index in [1.165, 1.54) is 12.1 Å². The molecule has 0 spiro atoms. The number of carbonyl (C=O) groups excluding carboxylic acids is 1. The molecule has 0 aliphatic heterocycles. The summed E-state index contributed by atoms with van der Waals surface area (Å²) in [7, 11) is 0. The maximum Gasteiger partial charge on any atom is 0.341 e. The number of hydrogen-bond donors (Lipinski definition) is 2. The topological polar surface area (TPSA) is 75.6 Å². The molecule has 3 unspecified atom stereocenters. The van der Waals surface area contributed by atoms with Crippen LogP contribution in [0.1, 0.15) is 36.4 Å². The molecular weight excluding hydrogens is 356 g/mol. The largest absolute Gasteiger partial charge is 0.482 e. The van der Waals surface area contributed by atoms with E-state index in [0.29, 0.717) is 12.2 Å². The lowest BCUT2D eigenvalue weighted by Gasteiger charge is -2.15. The van der Waals surface area contributed by atoms with Gasteiger partial charge in [0, 0.05) is 5.92 Å². The van der Waals surface area contributed by atoms with E-state index in [4.69, 9.17) is 9.84 Å². The second-order valence-corrected chi connectivity index (χ2v) is 6.57. The van der Waals surface area contributed by atoms with E-state index in [-0.39, 0.29) is 29.3 Å². The van der Waals surface area contributed by atoms with Gasteiger partial charge in [-0.05, 0) is 48.6 Å². The van der Waals surface area contributed by atoms with E-state index in [9.17, 15) is 18.4 Å². The van der Waals surface area contributed by atoms with Crippen LogP contribution in [0, 0.1) is 17.6 Å². The predicted molar refractivity (Wildman–Crippen MR) is 93.3 cm³/mol. The summed E-state index contributed by atoms with van der Waals surface area (Å²) in [4.78, 5) is 22.9. The number of amides is 1. The van der Waals surface area contributed by atoms with Crippen LogP contribution in [0.25, 0.3) is 0 Å². The lowest BCUT2D eigenvalue weighted by molar-refractivity contribution is -0.139. The Balaban J connectivity index is 1.57. The summed E-state index contributed by atoms with van der Waals surface area (Å²) in [5, 5.41) is 11.5. The molecule has 2 aromatic rings. The second-order valence-electron chi connectivity index (χ2n) is 6.57. The summed E-state index contributed by atoms with van der Waals surface area (Å²) in [6.07, 6.45) is 0.487. The number of carboxylic acid groups (broad SMARTS) is 1. The molecule has 0 heterocycles. The molecule has 27 heavy (non-hydrogen) atoms. The number of aliphatic carboxylic acids is 1. The number of carboxylic acids is 1. The lowest BCUT2D eigenvalue weighted by Crippen LogP contribution is -2.28. The standard InChI is InChI=1S/C20H19F2NO4/c1-11(12-5-7-13(8-6-12)27-10-18(24)25)23-20(26)16-9-15(16)14-3-2-4-17(21)19(14)22/h2-8,11,15-16H,9-10H2,1H3,(H,23,26)(H,24,25). The van der Waals surface area contributed by atoms with Gasteiger partial charge in [-0.2, -0.15) is 0 Å². The van der Waals surface area contributed by atoms with Gasteiger partial charge in [0.05, 0.1) is 6.04 Å². The Morgan fingerprint density at radius 2 is 1.93 bits per heavy atom. The molecule has 3 atom stereocenters. The Bertz CT molecular complexity index is 854. The summed E-state index contributed by atoms with van der Waals surface area (Å²) in [5.41, 5.74) is 1.06. The smallest absolute Gasteiger partial charge is 0.341 e. The monoisotopic (exact) mass is 375 g/mol. The van der Waals surface area contributed by atoms with Gasteiger partial charge in [-0.1, -0.05) is 24.3 Å².